The predicted octanol–water partition coefficient (Wildman–Crippen LogP) is 5.28. The molecule has 0 aliphatic heterocycles. The van der Waals surface area contributed by atoms with Crippen molar-refractivity contribution < 1.29 is 19.0 Å². The van der Waals surface area contributed by atoms with Crippen LogP contribution in [-0.4, -0.2) is 41.2 Å². The van der Waals surface area contributed by atoms with E-state index in [1.165, 1.54) is 4.68 Å². The Hall–Kier alpha value is -3.20. The summed E-state index contributed by atoms with van der Waals surface area (Å²) < 4.78 is 18.6. The smallest absolute Gasteiger partial charge is 0.347 e. The lowest BCUT2D eigenvalue weighted by atomic mass is 10.1. The Bertz CT molecular complexity index is 1290. The number of rotatable bonds is 10. The van der Waals surface area contributed by atoms with Crippen LogP contribution in [0.5, 0.6) is 11.5 Å². The van der Waals surface area contributed by atoms with E-state index in [-0.39, 0.29) is 18.1 Å². The van der Waals surface area contributed by atoms with Crippen LogP contribution < -0.4 is 15.0 Å². The molecule has 0 unspecified atom stereocenters. The third-order valence-electron chi connectivity index (χ3n) is 5.40. The van der Waals surface area contributed by atoms with Gasteiger partial charge in [-0.3, -0.25) is 4.79 Å². The van der Waals surface area contributed by atoms with Crippen LogP contribution in [0.15, 0.2) is 50.8 Å². The van der Waals surface area contributed by atoms with Crippen LogP contribution in [0, 0.1) is 0 Å². The van der Waals surface area contributed by atoms with Crippen molar-refractivity contribution >= 4 is 39.0 Å². The molecule has 9 heteroatoms. The standard InChI is InChI=1S/C26H30BrN3O5/c1-6-16(4)24-29-21-11-10-19(27)14-20(21)25(31)30(24)28-15-18-9-12-22(23(13-18)33-7-2)35-17(5)26(32)34-8-3/h9-17H,6-8H2,1-5H3/t16-,17+/m1/s1. The molecule has 0 amide bonds. The van der Waals surface area contributed by atoms with Crippen molar-refractivity contribution in [3.8, 4) is 11.5 Å². The van der Waals surface area contributed by atoms with E-state index in [0.717, 1.165) is 10.9 Å². The maximum atomic E-state index is 13.3. The van der Waals surface area contributed by atoms with Gasteiger partial charge in [-0.2, -0.15) is 9.78 Å². The Kier molecular flexibility index (Phi) is 9.03. The van der Waals surface area contributed by atoms with Gasteiger partial charge in [0.2, 0.25) is 0 Å². The molecule has 0 N–H and O–H groups in total. The molecule has 1 aromatic heterocycles. The first-order chi connectivity index (χ1) is 16.8. The van der Waals surface area contributed by atoms with Crippen molar-refractivity contribution in [2.45, 2.75) is 53.1 Å². The lowest BCUT2D eigenvalue weighted by molar-refractivity contribution is -0.150. The fraction of sp³-hybridized carbons (Fsp3) is 0.385. The van der Waals surface area contributed by atoms with Crippen LogP contribution in [-0.2, 0) is 9.53 Å². The third-order valence-corrected chi connectivity index (χ3v) is 5.89. The van der Waals surface area contributed by atoms with E-state index in [1.807, 2.05) is 32.9 Å². The van der Waals surface area contributed by atoms with Gasteiger partial charge in [0.25, 0.3) is 5.56 Å². The van der Waals surface area contributed by atoms with Gasteiger partial charge in [-0.1, -0.05) is 29.8 Å². The number of carbonyl (C=O) groups is 1. The van der Waals surface area contributed by atoms with Gasteiger partial charge in [-0.25, -0.2) is 9.78 Å². The summed E-state index contributed by atoms with van der Waals surface area (Å²) in [6.07, 6.45) is 1.61. The Morgan fingerprint density at radius 1 is 1.11 bits per heavy atom. The summed E-state index contributed by atoms with van der Waals surface area (Å²) in [6.45, 7) is 9.97. The fourth-order valence-electron chi connectivity index (χ4n) is 3.37. The SMILES string of the molecule is CCOC(=O)[C@H](C)Oc1ccc(C=Nn2c([C@H](C)CC)nc3ccc(Br)cc3c2=O)cc1OCC. The zero-order valence-electron chi connectivity index (χ0n) is 20.6. The first-order valence-corrected chi connectivity index (χ1v) is 12.4. The van der Waals surface area contributed by atoms with E-state index < -0.39 is 12.1 Å². The number of ether oxygens (including phenoxy) is 3. The van der Waals surface area contributed by atoms with E-state index >= 15 is 0 Å². The second-order valence-electron chi connectivity index (χ2n) is 7.95. The normalized spacial score (nSPS) is 13.1. The third kappa shape index (κ3) is 6.28. The number of carbonyl (C=O) groups excluding carboxylic acids is 1. The second kappa shape index (κ2) is 12.0. The Balaban J connectivity index is 2.00. The first kappa shape index (κ1) is 26.4. The van der Waals surface area contributed by atoms with Gasteiger partial charge in [0, 0.05) is 10.4 Å². The summed E-state index contributed by atoms with van der Waals surface area (Å²) in [5, 5.41) is 4.98. The first-order valence-electron chi connectivity index (χ1n) is 11.7. The summed E-state index contributed by atoms with van der Waals surface area (Å²) in [5.74, 6) is 1.05. The summed E-state index contributed by atoms with van der Waals surface area (Å²) in [4.78, 5) is 30.0. The van der Waals surface area contributed by atoms with Crippen molar-refractivity contribution in [1.29, 1.82) is 0 Å². The number of aromatic nitrogens is 2. The number of nitrogens with zero attached hydrogens (tertiary/aromatic N) is 3. The summed E-state index contributed by atoms with van der Waals surface area (Å²) in [6, 6.07) is 10.7. The molecule has 0 saturated carbocycles. The molecule has 1 heterocycles. The van der Waals surface area contributed by atoms with Crippen molar-refractivity contribution in [1.82, 2.24) is 9.66 Å². The number of esters is 1. The number of hydrogen-bond donors (Lipinski definition) is 0. The summed E-state index contributed by atoms with van der Waals surface area (Å²) in [5.41, 5.74) is 1.09. The number of hydrogen-bond acceptors (Lipinski definition) is 7. The van der Waals surface area contributed by atoms with Crippen LogP contribution in [0.2, 0.25) is 0 Å². The van der Waals surface area contributed by atoms with Crippen molar-refractivity contribution in [3.05, 3.63) is 62.6 Å². The van der Waals surface area contributed by atoms with E-state index in [4.69, 9.17) is 19.2 Å². The van der Waals surface area contributed by atoms with Gasteiger partial charge >= 0.3 is 5.97 Å². The highest BCUT2D eigenvalue weighted by atomic mass is 79.9. The van der Waals surface area contributed by atoms with Gasteiger partial charge in [0.1, 0.15) is 5.82 Å². The second-order valence-corrected chi connectivity index (χ2v) is 8.87. The van der Waals surface area contributed by atoms with Crippen LogP contribution >= 0.6 is 15.9 Å². The molecule has 0 bridgehead atoms. The van der Waals surface area contributed by atoms with Gasteiger partial charge in [0.05, 0.1) is 30.3 Å². The molecule has 3 rings (SSSR count). The molecule has 0 saturated heterocycles. The Morgan fingerprint density at radius 3 is 2.57 bits per heavy atom. The molecule has 0 radical (unpaired) electrons. The van der Waals surface area contributed by atoms with E-state index in [2.05, 4.69) is 21.0 Å². The minimum absolute atomic E-state index is 0.0343. The quantitative estimate of drug-likeness (QED) is 0.255. The van der Waals surface area contributed by atoms with Crippen molar-refractivity contribution in [3.63, 3.8) is 0 Å². The maximum absolute atomic E-state index is 13.3. The monoisotopic (exact) mass is 543 g/mol. The molecule has 3 aromatic rings. The average Bonchev–Trinajstić information content (AvgIpc) is 2.84. The lowest BCUT2D eigenvalue weighted by Gasteiger charge is -2.17. The van der Waals surface area contributed by atoms with Gasteiger partial charge in [-0.15, -0.1) is 0 Å². The van der Waals surface area contributed by atoms with Crippen LogP contribution in [0.25, 0.3) is 10.9 Å². The molecule has 2 aromatic carbocycles. The fourth-order valence-corrected chi connectivity index (χ4v) is 3.73. The van der Waals surface area contributed by atoms with Gasteiger partial charge < -0.3 is 14.2 Å². The van der Waals surface area contributed by atoms with Crippen LogP contribution in [0.1, 0.15) is 58.3 Å². The van der Waals surface area contributed by atoms with Crippen LogP contribution in [0.4, 0.5) is 0 Å². The number of benzene rings is 2. The number of halogens is 1. The summed E-state index contributed by atoms with van der Waals surface area (Å²) in [7, 11) is 0. The molecule has 2 atom stereocenters. The molecule has 0 aliphatic carbocycles. The molecule has 35 heavy (non-hydrogen) atoms. The molecule has 0 fully saturated rings. The van der Waals surface area contributed by atoms with E-state index in [0.29, 0.717) is 40.4 Å². The molecule has 8 nitrogen and oxygen atoms in total. The van der Waals surface area contributed by atoms with Gasteiger partial charge in [0.15, 0.2) is 17.6 Å². The average molecular weight is 544 g/mol. The van der Waals surface area contributed by atoms with E-state index in [9.17, 15) is 9.59 Å². The topological polar surface area (TPSA) is 92.0 Å². The predicted molar refractivity (Wildman–Crippen MR) is 140 cm³/mol. The molecule has 0 aliphatic rings. The largest absolute Gasteiger partial charge is 0.490 e. The molecular weight excluding hydrogens is 514 g/mol. The highest BCUT2D eigenvalue weighted by Crippen LogP contribution is 2.29. The Labute approximate surface area is 213 Å². The van der Waals surface area contributed by atoms with E-state index in [1.54, 1.807) is 44.3 Å². The number of fused-ring (bicyclic) bond motifs is 1. The van der Waals surface area contributed by atoms with Crippen molar-refractivity contribution in [2.24, 2.45) is 5.10 Å². The Morgan fingerprint density at radius 2 is 1.89 bits per heavy atom. The maximum Gasteiger partial charge on any atom is 0.347 e. The minimum atomic E-state index is -0.784. The highest BCUT2D eigenvalue weighted by Gasteiger charge is 2.19. The molecular formula is C26H30BrN3O5. The van der Waals surface area contributed by atoms with Gasteiger partial charge in [-0.05, 0) is 69.2 Å². The van der Waals surface area contributed by atoms with Crippen LogP contribution in [0.3, 0.4) is 0 Å². The molecule has 186 valence electrons. The highest BCUT2D eigenvalue weighted by molar-refractivity contribution is 9.10. The molecule has 0 spiro atoms. The minimum Gasteiger partial charge on any atom is -0.490 e. The summed E-state index contributed by atoms with van der Waals surface area (Å²) >= 11 is 3.42. The lowest BCUT2D eigenvalue weighted by Crippen LogP contribution is -2.26. The van der Waals surface area contributed by atoms with Crippen molar-refractivity contribution in [2.75, 3.05) is 13.2 Å². The zero-order valence-corrected chi connectivity index (χ0v) is 22.2. The zero-order chi connectivity index (χ0) is 25.5.